The van der Waals surface area contributed by atoms with E-state index in [-0.39, 0.29) is 5.91 Å². The minimum Gasteiger partial charge on any atom is -0.490 e. The number of amides is 1. The zero-order valence-corrected chi connectivity index (χ0v) is 18.7. The van der Waals surface area contributed by atoms with E-state index in [9.17, 15) is 4.79 Å². The Morgan fingerprint density at radius 2 is 1.70 bits per heavy atom. The quantitative estimate of drug-likeness (QED) is 0.276. The number of fused-ring (bicyclic) bond motifs is 1. The fourth-order valence-corrected chi connectivity index (χ4v) is 3.63. The molecular formula is C28H26N2O3. The lowest BCUT2D eigenvalue weighted by Gasteiger charge is -2.12. The number of hydrogen-bond acceptors (Lipinski definition) is 4. The Hall–Kier alpha value is -4.12. The van der Waals surface area contributed by atoms with Crippen LogP contribution in [-0.4, -0.2) is 18.7 Å². The Morgan fingerprint density at radius 3 is 2.52 bits per heavy atom. The molecule has 5 heteroatoms. The Bertz CT molecular complexity index is 1280. The van der Waals surface area contributed by atoms with Gasteiger partial charge in [-0.05, 0) is 59.5 Å². The van der Waals surface area contributed by atoms with Crippen LogP contribution in [0.1, 0.15) is 34.0 Å². The number of nitrogens with one attached hydrogen (secondary N) is 1. The maximum Gasteiger partial charge on any atom is 0.272 e. The molecule has 1 N–H and O–H groups in total. The Morgan fingerprint density at radius 1 is 0.909 bits per heavy atom. The van der Waals surface area contributed by atoms with Gasteiger partial charge in [-0.3, -0.25) is 4.79 Å². The van der Waals surface area contributed by atoms with E-state index in [1.54, 1.807) is 6.21 Å². The molecule has 0 spiro atoms. The van der Waals surface area contributed by atoms with Crippen LogP contribution in [0.3, 0.4) is 0 Å². The molecule has 0 fully saturated rings. The summed E-state index contributed by atoms with van der Waals surface area (Å²) in [5.41, 5.74) is 6.06. The van der Waals surface area contributed by atoms with Gasteiger partial charge in [0.1, 0.15) is 6.61 Å². The molecule has 0 atom stereocenters. The zero-order chi connectivity index (χ0) is 23.0. The van der Waals surface area contributed by atoms with Gasteiger partial charge in [0.15, 0.2) is 11.5 Å². The lowest BCUT2D eigenvalue weighted by atomic mass is 9.99. The molecule has 0 unspecified atom stereocenters. The molecule has 4 rings (SSSR count). The average Bonchev–Trinajstić information content (AvgIpc) is 2.84. The van der Waals surface area contributed by atoms with Gasteiger partial charge in [0.25, 0.3) is 5.91 Å². The summed E-state index contributed by atoms with van der Waals surface area (Å²) in [5.74, 6) is 1.05. The normalized spacial score (nSPS) is 11.0. The van der Waals surface area contributed by atoms with Crippen LogP contribution in [0.5, 0.6) is 11.5 Å². The topological polar surface area (TPSA) is 59.9 Å². The lowest BCUT2D eigenvalue weighted by molar-refractivity contribution is 0.0956. The largest absolute Gasteiger partial charge is 0.490 e. The summed E-state index contributed by atoms with van der Waals surface area (Å²) in [6.07, 6.45) is 1.60. The van der Waals surface area contributed by atoms with E-state index in [4.69, 9.17) is 9.47 Å². The van der Waals surface area contributed by atoms with Crippen LogP contribution in [0.15, 0.2) is 90.0 Å². The number of carbonyl (C=O) groups excluding carboxylic acids is 1. The third-order valence-corrected chi connectivity index (χ3v) is 5.25. The smallest absolute Gasteiger partial charge is 0.272 e. The van der Waals surface area contributed by atoms with Crippen LogP contribution in [0.2, 0.25) is 0 Å². The summed E-state index contributed by atoms with van der Waals surface area (Å²) in [6.45, 7) is 4.82. The van der Waals surface area contributed by atoms with Crippen LogP contribution in [0, 0.1) is 6.92 Å². The van der Waals surface area contributed by atoms with Crippen molar-refractivity contribution in [3.63, 3.8) is 0 Å². The van der Waals surface area contributed by atoms with E-state index >= 15 is 0 Å². The molecule has 0 aliphatic heterocycles. The van der Waals surface area contributed by atoms with Gasteiger partial charge in [-0.1, -0.05) is 66.7 Å². The number of hydrogen-bond donors (Lipinski definition) is 1. The molecule has 0 aromatic heterocycles. The minimum absolute atomic E-state index is 0.242. The first kappa shape index (κ1) is 22.1. The molecule has 4 aromatic rings. The first-order chi connectivity index (χ1) is 16.2. The molecule has 0 heterocycles. The molecule has 5 nitrogen and oxygen atoms in total. The van der Waals surface area contributed by atoms with E-state index in [1.165, 1.54) is 0 Å². The van der Waals surface area contributed by atoms with E-state index < -0.39 is 0 Å². The second-order valence-electron chi connectivity index (χ2n) is 7.59. The summed E-state index contributed by atoms with van der Waals surface area (Å²) < 4.78 is 11.7. The third-order valence-electron chi connectivity index (χ3n) is 5.25. The maximum atomic E-state index is 12.8. The van der Waals surface area contributed by atoms with Crippen molar-refractivity contribution in [2.45, 2.75) is 20.5 Å². The van der Waals surface area contributed by atoms with E-state index in [2.05, 4.69) is 10.5 Å². The van der Waals surface area contributed by atoms with Crippen molar-refractivity contribution in [1.29, 1.82) is 0 Å². The second-order valence-corrected chi connectivity index (χ2v) is 7.59. The lowest BCUT2D eigenvalue weighted by Crippen LogP contribution is -2.19. The summed E-state index contributed by atoms with van der Waals surface area (Å²) in [6, 6.07) is 27.3. The van der Waals surface area contributed by atoms with Gasteiger partial charge in [-0.2, -0.15) is 5.10 Å². The zero-order valence-electron chi connectivity index (χ0n) is 18.7. The Kier molecular flexibility index (Phi) is 7.00. The highest BCUT2D eigenvalue weighted by Crippen LogP contribution is 2.29. The fourth-order valence-electron chi connectivity index (χ4n) is 3.63. The minimum atomic E-state index is -0.242. The molecule has 0 saturated heterocycles. The number of rotatable bonds is 8. The van der Waals surface area contributed by atoms with Crippen molar-refractivity contribution < 1.29 is 14.3 Å². The van der Waals surface area contributed by atoms with Crippen LogP contribution < -0.4 is 14.9 Å². The second kappa shape index (κ2) is 10.5. The van der Waals surface area contributed by atoms with Crippen LogP contribution in [0.4, 0.5) is 0 Å². The monoisotopic (exact) mass is 438 g/mol. The number of carbonyl (C=O) groups is 1. The van der Waals surface area contributed by atoms with Crippen molar-refractivity contribution in [3.05, 3.63) is 107 Å². The Balaban J connectivity index is 1.47. The summed E-state index contributed by atoms with van der Waals surface area (Å²) in [7, 11) is 0. The molecule has 33 heavy (non-hydrogen) atoms. The molecule has 0 aliphatic carbocycles. The molecule has 1 amide bonds. The summed E-state index contributed by atoms with van der Waals surface area (Å²) in [4.78, 5) is 12.8. The maximum absolute atomic E-state index is 12.8. The highest BCUT2D eigenvalue weighted by molar-refractivity contribution is 6.08. The fraction of sp³-hybridized carbons (Fsp3) is 0.143. The number of ether oxygens (including phenoxy) is 2. The number of benzene rings is 4. The van der Waals surface area contributed by atoms with Crippen LogP contribution >= 0.6 is 0 Å². The van der Waals surface area contributed by atoms with Crippen LogP contribution in [-0.2, 0) is 6.61 Å². The van der Waals surface area contributed by atoms with Gasteiger partial charge in [0.05, 0.1) is 18.4 Å². The van der Waals surface area contributed by atoms with Gasteiger partial charge in [0, 0.05) is 0 Å². The van der Waals surface area contributed by atoms with E-state index in [0.29, 0.717) is 30.3 Å². The van der Waals surface area contributed by atoms with Gasteiger partial charge in [0.2, 0.25) is 0 Å². The number of hydrazone groups is 1. The highest BCUT2D eigenvalue weighted by atomic mass is 16.5. The van der Waals surface area contributed by atoms with Crippen molar-refractivity contribution in [2.24, 2.45) is 5.10 Å². The molecule has 166 valence electrons. The molecule has 0 aliphatic rings. The molecule has 0 saturated carbocycles. The molecule has 0 radical (unpaired) electrons. The van der Waals surface area contributed by atoms with Gasteiger partial charge >= 0.3 is 0 Å². The van der Waals surface area contributed by atoms with Crippen LogP contribution in [0.25, 0.3) is 10.8 Å². The molecule has 4 aromatic carbocycles. The third kappa shape index (κ3) is 5.39. The van der Waals surface area contributed by atoms with Crippen molar-refractivity contribution in [3.8, 4) is 11.5 Å². The van der Waals surface area contributed by atoms with Gasteiger partial charge in [-0.15, -0.1) is 0 Å². The summed E-state index contributed by atoms with van der Waals surface area (Å²) in [5, 5.41) is 6.09. The number of aryl methyl sites for hydroxylation is 1. The van der Waals surface area contributed by atoms with E-state index in [1.807, 2.05) is 98.8 Å². The summed E-state index contributed by atoms with van der Waals surface area (Å²) >= 11 is 0. The van der Waals surface area contributed by atoms with Crippen molar-refractivity contribution >= 4 is 22.9 Å². The Labute approximate surface area is 193 Å². The molecular weight excluding hydrogens is 412 g/mol. The first-order valence-electron chi connectivity index (χ1n) is 10.9. The van der Waals surface area contributed by atoms with Crippen molar-refractivity contribution in [2.75, 3.05) is 6.61 Å². The van der Waals surface area contributed by atoms with Crippen molar-refractivity contribution in [1.82, 2.24) is 5.43 Å². The predicted molar refractivity (Wildman–Crippen MR) is 132 cm³/mol. The SMILES string of the molecule is CCOc1cc(/C=N\NC(=O)c2c(C)ccc3ccccc23)ccc1OCc1ccccc1. The van der Waals surface area contributed by atoms with Gasteiger partial charge in [-0.25, -0.2) is 5.43 Å². The highest BCUT2D eigenvalue weighted by Gasteiger charge is 2.12. The predicted octanol–water partition coefficient (Wildman–Crippen LogP) is 5.89. The van der Waals surface area contributed by atoms with E-state index in [0.717, 1.165) is 27.5 Å². The molecule has 0 bridgehead atoms. The average molecular weight is 439 g/mol. The standard InChI is InChI=1S/C28H26N2O3/c1-3-32-26-17-22(14-16-25(26)33-19-21-9-5-4-6-10-21)18-29-30-28(31)27-20(2)13-15-23-11-7-8-12-24(23)27/h4-18H,3,19H2,1-2H3,(H,30,31)/b29-18-. The first-order valence-corrected chi connectivity index (χ1v) is 10.9. The number of nitrogens with zero attached hydrogens (tertiary/aromatic N) is 1. The van der Waals surface area contributed by atoms with Gasteiger partial charge < -0.3 is 9.47 Å².